The van der Waals surface area contributed by atoms with E-state index < -0.39 is 0 Å². The van der Waals surface area contributed by atoms with Gasteiger partial charge in [-0.05, 0) is 56.6 Å². The molecule has 7 N–H and O–H groups in total. The molecule has 3 heterocycles. The number of hydrazone groups is 2. The van der Waals surface area contributed by atoms with E-state index in [1.807, 2.05) is 59.4 Å². The van der Waals surface area contributed by atoms with Crippen LogP contribution in [-0.2, 0) is 19.6 Å². The lowest BCUT2D eigenvalue weighted by atomic mass is 9.91. The van der Waals surface area contributed by atoms with Gasteiger partial charge < -0.3 is 16.8 Å². The maximum absolute atomic E-state index is 6.14. The summed E-state index contributed by atoms with van der Waals surface area (Å²) in [5.41, 5.74) is 20.9. The van der Waals surface area contributed by atoms with Gasteiger partial charge >= 0.3 is 0 Å². The van der Waals surface area contributed by atoms with Gasteiger partial charge in [0.15, 0.2) is 0 Å². The quantitative estimate of drug-likeness (QED) is 0.0462. The maximum atomic E-state index is 6.14. The Morgan fingerprint density at radius 1 is 0.600 bits per heavy atom. The molecular weight excluding hydrogens is 619 g/mol. The second kappa shape index (κ2) is 14.6. The monoisotopic (exact) mass is 649 g/mol. The highest BCUT2D eigenvalue weighted by Gasteiger charge is 2.15. The van der Waals surface area contributed by atoms with E-state index in [0.717, 1.165) is 48.1 Å². The fourth-order valence-electron chi connectivity index (χ4n) is 4.84. The number of nitrogens with zero attached hydrogens (tertiary/aromatic N) is 4. The number of thiophene rings is 3. The molecule has 0 atom stereocenters. The predicted octanol–water partition coefficient (Wildman–Crippen LogP) is 6.67. The van der Waals surface area contributed by atoms with Crippen molar-refractivity contribution in [3.63, 3.8) is 0 Å². The van der Waals surface area contributed by atoms with E-state index in [1.54, 1.807) is 40.2 Å². The topological polar surface area (TPSA) is 138 Å². The highest BCUT2D eigenvalue weighted by Crippen LogP contribution is 2.36. The molecule has 0 saturated heterocycles. The van der Waals surface area contributed by atoms with E-state index in [1.165, 1.54) is 4.88 Å². The van der Waals surface area contributed by atoms with E-state index in [-0.39, 0.29) is 11.9 Å². The van der Waals surface area contributed by atoms with Crippen molar-refractivity contribution in [1.29, 1.82) is 0 Å². The van der Waals surface area contributed by atoms with Crippen LogP contribution >= 0.6 is 34.0 Å². The van der Waals surface area contributed by atoms with Gasteiger partial charge in [0.1, 0.15) is 0 Å². The summed E-state index contributed by atoms with van der Waals surface area (Å²) in [7, 11) is 0. The molecule has 9 nitrogen and oxygen atoms in total. The summed E-state index contributed by atoms with van der Waals surface area (Å²) >= 11 is 5.00. The van der Waals surface area contributed by atoms with Crippen molar-refractivity contribution < 1.29 is 0 Å². The number of rotatable bonds is 11. The summed E-state index contributed by atoms with van der Waals surface area (Å²) in [4.78, 5) is 12.3. The van der Waals surface area contributed by atoms with Crippen molar-refractivity contribution in [1.82, 2.24) is 10.9 Å². The van der Waals surface area contributed by atoms with E-state index in [0.29, 0.717) is 19.6 Å². The highest BCUT2D eigenvalue weighted by molar-refractivity contribution is 7.10. The van der Waals surface area contributed by atoms with Crippen molar-refractivity contribution >= 4 is 85.6 Å². The Bertz CT molecular complexity index is 1980. The third-order valence-corrected chi connectivity index (χ3v) is 9.48. The molecule has 3 aromatic carbocycles. The Labute approximate surface area is 272 Å². The van der Waals surface area contributed by atoms with Crippen molar-refractivity contribution in [3.8, 4) is 0 Å². The molecule has 226 valence electrons. The summed E-state index contributed by atoms with van der Waals surface area (Å²) in [6.45, 7) is 1.70. The molecule has 3 aromatic heterocycles. The van der Waals surface area contributed by atoms with Crippen LogP contribution in [0.15, 0.2) is 115 Å². The average molecular weight is 650 g/mol. The highest BCUT2D eigenvalue weighted by atomic mass is 32.1. The second-order valence-electron chi connectivity index (χ2n) is 9.84. The first-order chi connectivity index (χ1) is 22.2. The summed E-state index contributed by atoms with van der Waals surface area (Å²) in [5, 5.41) is 22.8. The van der Waals surface area contributed by atoms with Crippen LogP contribution in [0.1, 0.15) is 25.8 Å². The van der Waals surface area contributed by atoms with Crippen LogP contribution in [0.2, 0.25) is 0 Å². The number of nitrogens with two attached hydrogens (primary N) is 2. The summed E-state index contributed by atoms with van der Waals surface area (Å²) in [5.74, 6) is 0.497. The largest absolute Gasteiger partial charge is 0.380 e. The molecular formula is C33H31N9S3. The van der Waals surface area contributed by atoms with Gasteiger partial charge in [-0.3, -0.25) is 0 Å². The van der Waals surface area contributed by atoms with Crippen LogP contribution in [0, 0.1) is 0 Å². The van der Waals surface area contributed by atoms with Gasteiger partial charge in [0.2, 0.25) is 11.9 Å². The van der Waals surface area contributed by atoms with E-state index >= 15 is 0 Å². The van der Waals surface area contributed by atoms with Gasteiger partial charge in [-0.25, -0.2) is 20.8 Å². The Hall–Kier alpha value is -5.04. The number of fused-ring (bicyclic) bond motifs is 2. The molecule has 6 rings (SSSR count). The number of hydrogen-bond donors (Lipinski definition) is 5. The Kier molecular flexibility index (Phi) is 9.75. The van der Waals surface area contributed by atoms with Crippen LogP contribution in [0.5, 0.6) is 0 Å². The minimum absolute atomic E-state index is 0.248. The second-order valence-corrected chi connectivity index (χ2v) is 12.9. The molecule has 12 heteroatoms. The predicted molar refractivity (Wildman–Crippen MR) is 194 cm³/mol. The molecule has 0 aliphatic heterocycles. The van der Waals surface area contributed by atoms with Crippen molar-refractivity contribution in [3.05, 3.63) is 121 Å². The Morgan fingerprint density at radius 2 is 1.13 bits per heavy atom. The summed E-state index contributed by atoms with van der Waals surface area (Å²) in [6, 6.07) is 26.7. The minimum atomic E-state index is 0.248. The molecule has 0 bridgehead atoms. The molecule has 0 radical (unpaired) electrons. The molecule has 45 heavy (non-hydrogen) atoms. The molecule has 6 aromatic rings. The fourth-order valence-corrected chi connectivity index (χ4v) is 6.74. The van der Waals surface area contributed by atoms with Crippen molar-refractivity contribution in [2.24, 2.45) is 31.7 Å². The first-order valence-electron chi connectivity index (χ1n) is 14.1. The summed E-state index contributed by atoms with van der Waals surface area (Å²) in [6.07, 6.45) is 3.61. The number of guanidine groups is 2. The average Bonchev–Trinajstić information content (AvgIpc) is 3.87. The molecule has 0 spiro atoms. The van der Waals surface area contributed by atoms with Crippen LogP contribution in [0.25, 0.3) is 21.5 Å². The van der Waals surface area contributed by atoms with Gasteiger partial charge in [0.05, 0.1) is 25.5 Å². The van der Waals surface area contributed by atoms with Crippen LogP contribution in [0.4, 0.5) is 5.69 Å². The lowest BCUT2D eigenvalue weighted by molar-refractivity contribution is 0.971. The Balaban J connectivity index is 1.37. The first kappa shape index (κ1) is 30.0. The number of benzene rings is 3. The van der Waals surface area contributed by atoms with Gasteiger partial charge in [-0.1, -0.05) is 54.6 Å². The number of anilines is 1. The zero-order valence-electron chi connectivity index (χ0n) is 24.2. The van der Waals surface area contributed by atoms with Crippen LogP contribution in [0.3, 0.4) is 0 Å². The van der Waals surface area contributed by atoms with E-state index in [4.69, 9.17) is 11.5 Å². The molecule has 0 aliphatic rings. The summed E-state index contributed by atoms with van der Waals surface area (Å²) < 4.78 is 0. The van der Waals surface area contributed by atoms with E-state index in [9.17, 15) is 0 Å². The molecule has 0 fully saturated rings. The number of aliphatic imine (C=N–C) groups is 2. The van der Waals surface area contributed by atoms with Crippen LogP contribution < -0.4 is 27.6 Å². The normalized spacial score (nSPS) is 12.5. The van der Waals surface area contributed by atoms with Gasteiger partial charge in [-0.2, -0.15) is 10.2 Å². The number of nitrogens with one attached hydrogen (secondary N) is 3. The third kappa shape index (κ3) is 7.55. The van der Waals surface area contributed by atoms with Gasteiger partial charge in [0, 0.05) is 43.4 Å². The van der Waals surface area contributed by atoms with Crippen molar-refractivity contribution in [2.45, 2.75) is 19.6 Å². The number of hydrogen-bond acceptors (Lipinski definition) is 8. The zero-order chi connectivity index (χ0) is 30.8. The zero-order valence-corrected chi connectivity index (χ0v) is 26.6. The molecule has 0 amide bonds. The van der Waals surface area contributed by atoms with Crippen LogP contribution in [-0.4, -0.2) is 24.3 Å². The van der Waals surface area contributed by atoms with E-state index in [2.05, 4.69) is 78.1 Å². The molecule has 0 aliphatic carbocycles. The lowest BCUT2D eigenvalue weighted by Gasteiger charge is -2.17. The first-order valence-corrected chi connectivity index (χ1v) is 16.8. The third-order valence-electron chi connectivity index (χ3n) is 6.88. The minimum Gasteiger partial charge on any atom is -0.380 e. The fraction of sp³-hybridized carbons (Fsp3) is 0.0909. The SMILES string of the molecule is NC(=NCc1cccs1)NN=Cc1c2ccccc2c(C=NNC(N)=NCc2cccs2)c2c(NCc3cccs3)cccc12. The standard InChI is InChI=1S/C33H31N9S3/c34-32(37-18-23-8-5-15-44-23)41-39-20-28-25-10-1-2-11-26(25)29(21-40-42-33(35)38-19-24-9-6-16-45-24)31-27(28)12-3-13-30(31)36-17-22-7-4-14-43-22/h1-16,20-21,36H,17-19H2,(H3,34,37,41)(H3,35,38,42). The van der Waals surface area contributed by atoms with Gasteiger partial charge in [0.25, 0.3) is 0 Å². The molecule has 0 saturated carbocycles. The Morgan fingerprint density at radius 3 is 1.71 bits per heavy atom. The maximum Gasteiger partial charge on any atom is 0.209 e. The van der Waals surface area contributed by atoms with Crippen molar-refractivity contribution in [2.75, 3.05) is 5.32 Å². The molecule has 0 unspecified atom stereocenters. The van der Waals surface area contributed by atoms with Gasteiger partial charge in [-0.15, -0.1) is 34.0 Å². The lowest BCUT2D eigenvalue weighted by Crippen LogP contribution is -2.27. The smallest absolute Gasteiger partial charge is 0.209 e.